The minimum atomic E-state index is -0.0641. The first-order valence-electron chi connectivity index (χ1n) is 8.18. The molecule has 24 heavy (non-hydrogen) atoms. The first kappa shape index (κ1) is 16.8. The molecule has 0 unspecified atom stereocenters. The third kappa shape index (κ3) is 3.88. The van der Waals surface area contributed by atoms with Crippen molar-refractivity contribution >= 4 is 40.3 Å². The largest absolute Gasteiger partial charge is 0.341 e. The van der Waals surface area contributed by atoms with Gasteiger partial charge in [-0.15, -0.1) is 0 Å². The fourth-order valence-corrected chi connectivity index (χ4v) is 3.45. The van der Waals surface area contributed by atoms with E-state index in [0.29, 0.717) is 25.2 Å². The van der Waals surface area contributed by atoms with Gasteiger partial charge < -0.3 is 10.2 Å². The number of rotatable bonds is 4. The second-order valence-corrected chi connectivity index (χ2v) is 6.38. The summed E-state index contributed by atoms with van der Waals surface area (Å²) in [6, 6.07) is 5.58. The fourth-order valence-electron chi connectivity index (χ4n) is 2.90. The molecule has 8 heteroatoms. The monoisotopic (exact) mass is 347 g/mol. The molecule has 0 atom stereocenters. The minimum Gasteiger partial charge on any atom is -0.341 e. The standard InChI is InChI=1S/C16H21N5O2S/c1-2-15(23)21-8-4-7-20(9-10-21)11-14(22)17-12-5-3-6-13-16(12)19-24-18-13/h3,5-6H,2,4,7-11H2,1H3,(H,17,22). The number of nitrogens with one attached hydrogen (secondary N) is 1. The van der Waals surface area contributed by atoms with E-state index in [4.69, 9.17) is 0 Å². The van der Waals surface area contributed by atoms with Crippen molar-refractivity contribution in [2.45, 2.75) is 19.8 Å². The summed E-state index contributed by atoms with van der Waals surface area (Å²) in [7, 11) is 0. The van der Waals surface area contributed by atoms with Gasteiger partial charge in [0.25, 0.3) is 0 Å². The van der Waals surface area contributed by atoms with Crippen LogP contribution >= 0.6 is 11.7 Å². The summed E-state index contributed by atoms with van der Waals surface area (Å²) in [5.41, 5.74) is 2.22. The quantitative estimate of drug-likeness (QED) is 0.908. The molecule has 1 aromatic heterocycles. The Balaban J connectivity index is 1.57. The van der Waals surface area contributed by atoms with Gasteiger partial charge in [0.2, 0.25) is 11.8 Å². The Morgan fingerprint density at radius 3 is 2.92 bits per heavy atom. The zero-order valence-corrected chi connectivity index (χ0v) is 14.5. The number of hydrogen-bond donors (Lipinski definition) is 1. The van der Waals surface area contributed by atoms with Gasteiger partial charge in [0.05, 0.1) is 24.0 Å². The number of anilines is 1. The third-order valence-electron chi connectivity index (χ3n) is 4.17. The highest BCUT2D eigenvalue weighted by atomic mass is 32.1. The number of aromatic nitrogens is 2. The summed E-state index contributed by atoms with van der Waals surface area (Å²) in [6.07, 6.45) is 1.43. The Bertz CT molecular complexity index is 732. The number of carbonyl (C=O) groups is 2. The second kappa shape index (κ2) is 7.67. The van der Waals surface area contributed by atoms with E-state index in [2.05, 4.69) is 19.0 Å². The SMILES string of the molecule is CCC(=O)N1CCCN(CC(=O)Nc2cccc3nsnc23)CC1. The van der Waals surface area contributed by atoms with Gasteiger partial charge in [0, 0.05) is 32.6 Å². The molecule has 1 aromatic carbocycles. The Morgan fingerprint density at radius 2 is 2.08 bits per heavy atom. The second-order valence-electron chi connectivity index (χ2n) is 5.85. The molecule has 0 saturated carbocycles. The molecule has 7 nitrogen and oxygen atoms in total. The van der Waals surface area contributed by atoms with Crippen LogP contribution in [0.2, 0.25) is 0 Å². The molecule has 1 N–H and O–H groups in total. The van der Waals surface area contributed by atoms with E-state index in [9.17, 15) is 9.59 Å². The van der Waals surface area contributed by atoms with E-state index in [1.165, 1.54) is 0 Å². The van der Waals surface area contributed by atoms with E-state index >= 15 is 0 Å². The van der Waals surface area contributed by atoms with Crippen molar-refractivity contribution in [2.75, 3.05) is 38.0 Å². The van der Waals surface area contributed by atoms with Crippen LogP contribution in [0.4, 0.5) is 5.69 Å². The summed E-state index contributed by atoms with van der Waals surface area (Å²) >= 11 is 1.14. The van der Waals surface area contributed by atoms with E-state index in [0.717, 1.165) is 48.8 Å². The molecule has 0 bridgehead atoms. The molecule has 1 aliphatic heterocycles. The van der Waals surface area contributed by atoms with Crippen molar-refractivity contribution in [2.24, 2.45) is 0 Å². The Labute approximate surface area is 145 Å². The van der Waals surface area contributed by atoms with E-state index in [-0.39, 0.29) is 11.8 Å². The molecule has 2 heterocycles. The van der Waals surface area contributed by atoms with Crippen molar-refractivity contribution in [3.63, 3.8) is 0 Å². The molecule has 0 aliphatic carbocycles. The number of carbonyl (C=O) groups excluding carboxylic acids is 2. The summed E-state index contributed by atoms with van der Waals surface area (Å²) < 4.78 is 8.41. The lowest BCUT2D eigenvalue weighted by atomic mass is 10.2. The molecular weight excluding hydrogens is 326 g/mol. The van der Waals surface area contributed by atoms with Crippen LogP contribution in [0.15, 0.2) is 18.2 Å². The Kier molecular flexibility index (Phi) is 5.37. The maximum Gasteiger partial charge on any atom is 0.238 e. The van der Waals surface area contributed by atoms with Crippen molar-refractivity contribution in [1.82, 2.24) is 18.5 Å². The lowest BCUT2D eigenvalue weighted by Gasteiger charge is -2.21. The van der Waals surface area contributed by atoms with Gasteiger partial charge >= 0.3 is 0 Å². The minimum absolute atomic E-state index is 0.0641. The van der Waals surface area contributed by atoms with Crippen molar-refractivity contribution in [1.29, 1.82) is 0 Å². The topological polar surface area (TPSA) is 78.4 Å². The molecule has 1 fully saturated rings. The van der Waals surface area contributed by atoms with Crippen molar-refractivity contribution in [3.05, 3.63) is 18.2 Å². The molecule has 0 radical (unpaired) electrons. The van der Waals surface area contributed by atoms with Gasteiger partial charge in [0.15, 0.2) is 0 Å². The molecule has 1 aliphatic rings. The van der Waals surface area contributed by atoms with Crippen LogP contribution in [0.5, 0.6) is 0 Å². The van der Waals surface area contributed by atoms with Crippen LogP contribution in [0.3, 0.4) is 0 Å². The molecule has 3 rings (SSSR count). The molecular formula is C16H21N5O2S. The van der Waals surface area contributed by atoms with Gasteiger partial charge in [-0.05, 0) is 18.6 Å². The van der Waals surface area contributed by atoms with Crippen LogP contribution in [0, 0.1) is 0 Å². The Morgan fingerprint density at radius 1 is 1.21 bits per heavy atom. The third-order valence-corrected chi connectivity index (χ3v) is 4.71. The highest BCUT2D eigenvalue weighted by Gasteiger charge is 2.19. The van der Waals surface area contributed by atoms with Crippen LogP contribution in [-0.2, 0) is 9.59 Å². The number of benzene rings is 1. The zero-order chi connectivity index (χ0) is 16.9. The number of amides is 2. The van der Waals surface area contributed by atoms with Gasteiger partial charge in [-0.1, -0.05) is 13.0 Å². The first-order chi connectivity index (χ1) is 11.7. The van der Waals surface area contributed by atoms with Crippen molar-refractivity contribution in [3.8, 4) is 0 Å². The lowest BCUT2D eigenvalue weighted by molar-refractivity contribution is -0.130. The fraction of sp³-hybridized carbons (Fsp3) is 0.500. The van der Waals surface area contributed by atoms with Gasteiger partial charge in [-0.2, -0.15) is 8.75 Å². The van der Waals surface area contributed by atoms with Crippen LogP contribution in [0.1, 0.15) is 19.8 Å². The number of nitrogens with zero attached hydrogens (tertiary/aromatic N) is 4. The van der Waals surface area contributed by atoms with Gasteiger partial charge in [-0.3, -0.25) is 14.5 Å². The average molecular weight is 347 g/mol. The number of fused-ring (bicyclic) bond motifs is 1. The van der Waals surface area contributed by atoms with Crippen molar-refractivity contribution < 1.29 is 9.59 Å². The number of hydrogen-bond acceptors (Lipinski definition) is 6. The molecule has 0 spiro atoms. The highest BCUT2D eigenvalue weighted by molar-refractivity contribution is 7.00. The van der Waals surface area contributed by atoms with Crippen LogP contribution < -0.4 is 5.32 Å². The molecule has 2 amide bonds. The van der Waals surface area contributed by atoms with E-state index in [1.807, 2.05) is 30.0 Å². The van der Waals surface area contributed by atoms with E-state index < -0.39 is 0 Å². The summed E-state index contributed by atoms with van der Waals surface area (Å²) in [5.74, 6) is 0.120. The smallest absolute Gasteiger partial charge is 0.238 e. The predicted molar refractivity (Wildman–Crippen MR) is 94.0 cm³/mol. The lowest BCUT2D eigenvalue weighted by Crippen LogP contribution is -2.37. The predicted octanol–water partition coefficient (Wildman–Crippen LogP) is 1.57. The summed E-state index contributed by atoms with van der Waals surface area (Å²) in [5, 5.41) is 2.93. The average Bonchev–Trinajstić information content (AvgIpc) is 2.95. The van der Waals surface area contributed by atoms with Gasteiger partial charge in [0.1, 0.15) is 11.0 Å². The molecule has 2 aromatic rings. The molecule has 1 saturated heterocycles. The maximum atomic E-state index is 12.4. The zero-order valence-electron chi connectivity index (χ0n) is 13.7. The first-order valence-corrected chi connectivity index (χ1v) is 8.91. The molecule has 128 valence electrons. The van der Waals surface area contributed by atoms with Gasteiger partial charge in [-0.25, -0.2) is 0 Å². The summed E-state index contributed by atoms with van der Waals surface area (Å²) in [6.45, 7) is 5.21. The van der Waals surface area contributed by atoms with E-state index in [1.54, 1.807) is 0 Å². The van der Waals surface area contributed by atoms with Crippen LogP contribution in [-0.4, -0.2) is 63.1 Å². The summed E-state index contributed by atoms with van der Waals surface area (Å²) in [4.78, 5) is 28.1. The Hall–Kier alpha value is -2.06. The normalized spacial score (nSPS) is 16.1. The van der Waals surface area contributed by atoms with Crippen LogP contribution in [0.25, 0.3) is 11.0 Å². The highest BCUT2D eigenvalue weighted by Crippen LogP contribution is 2.21. The maximum absolute atomic E-state index is 12.4.